The third-order valence-electron chi connectivity index (χ3n) is 0.637. The van der Waals surface area contributed by atoms with Gasteiger partial charge in [0.25, 0.3) is 0 Å². The Hall–Kier alpha value is 2.88. The standard InChI is InChI=1S/C5H11O2.CH3O.3Na/c1-2-7-5-3-4-6;1-2;;;/h2-5H2,1H3;1H3;;;/q2*-1;;2*+1. The minimum atomic E-state index is -0.0139. The van der Waals surface area contributed by atoms with E-state index in [4.69, 9.17) is 9.84 Å². The van der Waals surface area contributed by atoms with Gasteiger partial charge in [-0.25, -0.2) is 0 Å². The third-order valence-corrected chi connectivity index (χ3v) is 0.637. The molecular formula is C6H14Na3O3. The molecule has 0 aromatic heterocycles. The second-order valence-electron chi connectivity index (χ2n) is 1.25. The van der Waals surface area contributed by atoms with E-state index in [2.05, 4.69) is 0 Å². The molecule has 0 aliphatic carbocycles. The average molecular weight is 203 g/mol. The summed E-state index contributed by atoms with van der Waals surface area (Å²) in [6.07, 6.45) is 0.647. The zero-order chi connectivity index (χ0) is 7.54. The zero-order valence-electron chi connectivity index (χ0n) is 9.05. The minimum absolute atomic E-state index is 0. The summed E-state index contributed by atoms with van der Waals surface area (Å²) in [6, 6.07) is 0. The van der Waals surface area contributed by atoms with Gasteiger partial charge in [-0.3, -0.25) is 0 Å². The van der Waals surface area contributed by atoms with Crippen LogP contribution in [0.4, 0.5) is 0 Å². The monoisotopic (exact) mass is 203 g/mol. The van der Waals surface area contributed by atoms with Crippen LogP contribution in [0.15, 0.2) is 0 Å². The van der Waals surface area contributed by atoms with Crippen molar-refractivity contribution in [2.24, 2.45) is 0 Å². The molecule has 0 aliphatic rings. The van der Waals surface area contributed by atoms with Crippen molar-refractivity contribution in [3.8, 4) is 0 Å². The van der Waals surface area contributed by atoms with E-state index in [1.54, 1.807) is 0 Å². The quantitative estimate of drug-likeness (QED) is 0.337. The Labute approximate surface area is 142 Å². The summed E-state index contributed by atoms with van der Waals surface area (Å²) >= 11 is 0. The molecule has 3 nitrogen and oxygen atoms in total. The van der Waals surface area contributed by atoms with Crippen LogP contribution in [0.3, 0.4) is 0 Å². The molecule has 6 heteroatoms. The second kappa shape index (κ2) is 37.1. The number of hydrogen-bond acceptors (Lipinski definition) is 3. The number of hydrogen-bond donors (Lipinski definition) is 0. The van der Waals surface area contributed by atoms with Crippen LogP contribution in [0, 0.1) is 0 Å². The van der Waals surface area contributed by atoms with Crippen LogP contribution in [-0.2, 0) is 4.74 Å². The first-order valence-corrected chi connectivity index (χ1v) is 2.98. The topological polar surface area (TPSA) is 55.3 Å². The van der Waals surface area contributed by atoms with Gasteiger partial charge in [0.1, 0.15) is 0 Å². The van der Waals surface area contributed by atoms with Crippen LogP contribution in [-0.4, -0.2) is 56.5 Å². The van der Waals surface area contributed by atoms with Gasteiger partial charge < -0.3 is 14.9 Å². The summed E-state index contributed by atoms with van der Waals surface area (Å²) in [5.41, 5.74) is 0. The maximum atomic E-state index is 9.72. The molecule has 0 aromatic carbocycles. The first-order chi connectivity index (χ1) is 4.41. The number of ether oxygens (including phenoxy) is 1. The fraction of sp³-hybridized carbons (Fsp3) is 1.00. The van der Waals surface area contributed by atoms with Crippen LogP contribution in [0.25, 0.3) is 0 Å². The number of rotatable bonds is 4. The van der Waals surface area contributed by atoms with Gasteiger partial charge in [0.15, 0.2) is 0 Å². The van der Waals surface area contributed by atoms with Gasteiger partial charge in [0.2, 0.25) is 0 Å². The van der Waals surface area contributed by atoms with Crippen LogP contribution >= 0.6 is 0 Å². The maximum absolute atomic E-state index is 9.72. The van der Waals surface area contributed by atoms with Crippen LogP contribution < -0.4 is 69.3 Å². The van der Waals surface area contributed by atoms with Gasteiger partial charge in [-0.1, -0.05) is 0 Å². The summed E-state index contributed by atoms with van der Waals surface area (Å²) < 4.78 is 4.87. The molecule has 0 fully saturated rings. The summed E-state index contributed by atoms with van der Waals surface area (Å²) in [4.78, 5) is 0. The Bertz CT molecular complexity index is 37.2. The normalized spacial score (nSPS) is 6.00. The van der Waals surface area contributed by atoms with E-state index in [1.165, 1.54) is 0 Å². The predicted octanol–water partition coefficient (Wildman–Crippen LogP) is -7.62. The fourth-order valence-electron chi connectivity index (χ4n) is 0.305. The van der Waals surface area contributed by atoms with Gasteiger partial charge >= 0.3 is 59.1 Å². The molecule has 0 heterocycles. The van der Waals surface area contributed by atoms with Crippen LogP contribution in [0.1, 0.15) is 13.3 Å². The third kappa shape index (κ3) is 38.4. The fourth-order valence-corrected chi connectivity index (χ4v) is 0.305. The van der Waals surface area contributed by atoms with Crippen molar-refractivity contribution in [1.82, 2.24) is 0 Å². The van der Waals surface area contributed by atoms with Crippen molar-refractivity contribution in [3.05, 3.63) is 0 Å². The Kier molecular flexibility index (Phi) is 90.8. The molecule has 0 saturated carbocycles. The van der Waals surface area contributed by atoms with Crippen molar-refractivity contribution < 1.29 is 74.1 Å². The Morgan fingerprint density at radius 1 is 1.17 bits per heavy atom. The van der Waals surface area contributed by atoms with Gasteiger partial charge in [-0.05, 0) is 13.3 Å². The largest absolute Gasteiger partial charge is 1.00 e. The first kappa shape index (κ1) is 29.4. The van der Waals surface area contributed by atoms with E-state index >= 15 is 0 Å². The molecule has 0 aliphatic heterocycles. The molecule has 0 aromatic rings. The van der Waals surface area contributed by atoms with Crippen molar-refractivity contribution >= 4 is 29.6 Å². The zero-order valence-corrected chi connectivity index (χ0v) is 15.1. The summed E-state index contributed by atoms with van der Waals surface area (Å²) in [5.74, 6) is 0. The first-order valence-electron chi connectivity index (χ1n) is 2.98. The van der Waals surface area contributed by atoms with Crippen LogP contribution in [0.5, 0.6) is 0 Å². The molecule has 0 atom stereocenters. The maximum Gasteiger partial charge on any atom is 1.00 e. The molecule has 0 rings (SSSR count). The average Bonchev–Trinajstić information content (AvgIpc) is 1.94. The summed E-state index contributed by atoms with van der Waals surface area (Å²) in [6.45, 7) is 3.25. The molecule has 0 unspecified atom stereocenters. The van der Waals surface area contributed by atoms with E-state index in [1.807, 2.05) is 6.92 Å². The van der Waals surface area contributed by atoms with Crippen LogP contribution in [0.2, 0.25) is 0 Å². The van der Waals surface area contributed by atoms with E-state index in [9.17, 15) is 5.11 Å². The smallest absolute Gasteiger partial charge is 0.857 e. The molecular weight excluding hydrogens is 189 g/mol. The molecule has 59 valence electrons. The Morgan fingerprint density at radius 3 is 1.83 bits per heavy atom. The van der Waals surface area contributed by atoms with Crippen molar-refractivity contribution in [1.29, 1.82) is 0 Å². The SMILES string of the molecule is CCOCCC[O-].C[O-].[Na+].[Na+].[Na]. The summed E-state index contributed by atoms with van der Waals surface area (Å²) in [7, 11) is 0.750. The van der Waals surface area contributed by atoms with E-state index in [0.29, 0.717) is 13.0 Å². The predicted molar refractivity (Wildman–Crippen MR) is 37.7 cm³/mol. The van der Waals surface area contributed by atoms with Gasteiger partial charge in [0, 0.05) is 42.8 Å². The molecule has 0 saturated heterocycles. The molecule has 0 N–H and O–H groups in total. The molecule has 0 bridgehead atoms. The van der Waals surface area contributed by atoms with Crippen molar-refractivity contribution in [2.45, 2.75) is 13.3 Å². The molecule has 1 radical (unpaired) electrons. The molecule has 0 spiro atoms. The second-order valence-corrected chi connectivity index (χ2v) is 1.25. The molecule has 12 heavy (non-hydrogen) atoms. The van der Waals surface area contributed by atoms with E-state index < -0.39 is 0 Å². The minimum Gasteiger partial charge on any atom is -0.857 e. The van der Waals surface area contributed by atoms with Gasteiger partial charge in [-0.2, -0.15) is 7.11 Å². The van der Waals surface area contributed by atoms with Gasteiger partial charge in [-0.15, -0.1) is 6.61 Å². The van der Waals surface area contributed by atoms with E-state index in [-0.39, 0.29) is 95.3 Å². The molecule has 0 amide bonds. The van der Waals surface area contributed by atoms with Crippen molar-refractivity contribution in [2.75, 3.05) is 26.9 Å². The summed E-state index contributed by atoms with van der Waals surface area (Å²) in [5, 5.41) is 18.0. The van der Waals surface area contributed by atoms with E-state index in [0.717, 1.165) is 13.7 Å². The Balaban J connectivity index is -0.0000000303. The Morgan fingerprint density at radius 2 is 1.58 bits per heavy atom. The van der Waals surface area contributed by atoms with Crippen molar-refractivity contribution in [3.63, 3.8) is 0 Å². The van der Waals surface area contributed by atoms with Gasteiger partial charge in [0.05, 0.1) is 0 Å².